The number of guanidine groups is 1. The number of amides is 1. The van der Waals surface area contributed by atoms with Gasteiger partial charge in [0.25, 0.3) is 0 Å². The third-order valence-electron chi connectivity index (χ3n) is 5.60. The Balaban J connectivity index is 1.82. The topological polar surface area (TPSA) is 69.2 Å². The monoisotopic (exact) mass is 395 g/mol. The summed E-state index contributed by atoms with van der Waals surface area (Å²) in [5.41, 5.74) is 0. The summed E-state index contributed by atoms with van der Waals surface area (Å²) in [6, 6.07) is 0.884. The number of hydrogen-bond donors (Lipinski definition) is 2. The van der Waals surface area contributed by atoms with Crippen LogP contribution in [0.1, 0.15) is 58.8 Å². The molecule has 2 aliphatic rings. The Morgan fingerprint density at radius 1 is 1.07 bits per heavy atom. The summed E-state index contributed by atoms with van der Waals surface area (Å²) in [7, 11) is 3.55. The maximum absolute atomic E-state index is 12.0. The summed E-state index contributed by atoms with van der Waals surface area (Å²) < 4.78 is 5.67. The first-order valence-electron chi connectivity index (χ1n) is 11.1. The molecule has 0 unspecified atom stereocenters. The molecule has 0 aromatic carbocycles. The first kappa shape index (κ1) is 22.9. The molecular weight excluding hydrogens is 354 g/mol. The Morgan fingerprint density at radius 3 is 2.25 bits per heavy atom. The van der Waals surface area contributed by atoms with Crippen LogP contribution in [0, 0.1) is 0 Å². The van der Waals surface area contributed by atoms with Crippen LogP contribution in [0.25, 0.3) is 0 Å². The molecule has 1 saturated heterocycles. The number of likely N-dealkylation sites (tertiary alicyclic amines) is 1. The average molecular weight is 396 g/mol. The van der Waals surface area contributed by atoms with E-state index in [-0.39, 0.29) is 12.5 Å². The Labute approximate surface area is 171 Å². The highest BCUT2D eigenvalue weighted by molar-refractivity contribution is 5.85. The van der Waals surface area contributed by atoms with Crippen LogP contribution in [0.3, 0.4) is 0 Å². The lowest BCUT2D eigenvalue weighted by Gasteiger charge is -2.34. The number of aliphatic imine (C=N–C) groups is 1. The van der Waals surface area contributed by atoms with Crippen molar-refractivity contribution >= 4 is 11.9 Å². The van der Waals surface area contributed by atoms with E-state index < -0.39 is 0 Å². The molecule has 28 heavy (non-hydrogen) atoms. The average Bonchev–Trinajstić information content (AvgIpc) is 2.67. The molecule has 2 rings (SSSR count). The zero-order chi connectivity index (χ0) is 20.4. The second-order valence-corrected chi connectivity index (χ2v) is 8.61. The van der Waals surface area contributed by atoms with Gasteiger partial charge in [-0.1, -0.05) is 19.3 Å². The smallest absolute Gasteiger partial charge is 0.243 e. The molecule has 0 bridgehead atoms. The van der Waals surface area contributed by atoms with Gasteiger partial charge in [0.1, 0.15) is 6.54 Å². The number of likely N-dealkylation sites (N-methyl/N-ethyl adjacent to an activating group) is 1. The standard InChI is InChI=1S/C21H41N5O2/c1-17(2)28-15-14-26-12-10-19(11-13-26)24-21(22-16-20(27)25(3)4)23-18-8-6-5-7-9-18/h17-19H,5-16H2,1-4H3,(H2,22,23,24). The molecule has 7 heteroatoms. The zero-order valence-electron chi connectivity index (χ0n) is 18.4. The summed E-state index contributed by atoms with van der Waals surface area (Å²) in [5.74, 6) is 0.841. The molecule has 0 radical (unpaired) electrons. The van der Waals surface area contributed by atoms with E-state index in [1.165, 1.54) is 32.1 Å². The molecule has 0 atom stereocenters. The van der Waals surface area contributed by atoms with Crippen molar-refractivity contribution in [3.63, 3.8) is 0 Å². The second kappa shape index (κ2) is 12.3. The fourth-order valence-electron chi connectivity index (χ4n) is 3.77. The van der Waals surface area contributed by atoms with Crippen LogP contribution >= 0.6 is 0 Å². The SMILES string of the molecule is CC(C)OCCN1CCC(NC(=NCC(=O)N(C)C)NC2CCCCC2)CC1. The van der Waals surface area contributed by atoms with Crippen LogP contribution in [0.2, 0.25) is 0 Å². The van der Waals surface area contributed by atoms with Gasteiger partial charge in [0, 0.05) is 45.8 Å². The summed E-state index contributed by atoms with van der Waals surface area (Å²) in [6.45, 7) is 8.32. The molecule has 7 nitrogen and oxygen atoms in total. The van der Waals surface area contributed by atoms with E-state index >= 15 is 0 Å². The van der Waals surface area contributed by atoms with Gasteiger partial charge in [0.05, 0.1) is 12.7 Å². The summed E-state index contributed by atoms with van der Waals surface area (Å²) >= 11 is 0. The van der Waals surface area contributed by atoms with Gasteiger partial charge >= 0.3 is 0 Å². The van der Waals surface area contributed by atoms with Crippen LogP contribution in [0.4, 0.5) is 0 Å². The molecule has 162 valence electrons. The van der Waals surface area contributed by atoms with Crippen molar-refractivity contribution in [3.8, 4) is 0 Å². The predicted octanol–water partition coefficient (Wildman–Crippen LogP) is 1.83. The number of carbonyl (C=O) groups excluding carboxylic acids is 1. The lowest BCUT2D eigenvalue weighted by atomic mass is 9.95. The molecule has 1 amide bonds. The highest BCUT2D eigenvalue weighted by Gasteiger charge is 2.22. The van der Waals surface area contributed by atoms with E-state index in [1.807, 2.05) is 0 Å². The summed E-state index contributed by atoms with van der Waals surface area (Å²) in [6.07, 6.45) is 8.75. The van der Waals surface area contributed by atoms with Gasteiger partial charge in [-0.05, 0) is 39.5 Å². The van der Waals surface area contributed by atoms with Gasteiger partial charge in [-0.3, -0.25) is 4.79 Å². The molecule has 1 aliphatic heterocycles. The molecule has 0 aromatic rings. The van der Waals surface area contributed by atoms with Crippen LogP contribution in [0.15, 0.2) is 4.99 Å². The van der Waals surface area contributed by atoms with Crippen LogP contribution in [-0.4, -0.2) is 86.7 Å². The Kier molecular flexibility index (Phi) is 10.1. The van der Waals surface area contributed by atoms with E-state index in [0.29, 0.717) is 18.2 Å². The number of nitrogens with one attached hydrogen (secondary N) is 2. The zero-order valence-corrected chi connectivity index (χ0v) is 18.4. The first-order chi connectivity index (χ1) is 13.4. The van der Waals surface area contributed by atoms with Crippen LogP contribution in [-0.2, 0) is 9.53 Å². The van der Waals surface area contributed by atoms with Crippen LogP contribution in [0.5, 0.6) is 0 Å². The van der Waals surface area contributed by atoms with Crippen LogP contribution < -0.4 is 10.6 Å². The molecular formula is C21H41N5O2. The van der Waals surface area contributed by atoms with Crippen molar-refractivity contribution < 1.29 is 9.53 Å². The van der Waals surface area contributed by atoms with Gasteiger partial charge in [-0.15, -0.1) is 0 Å². The molecule has 0 spiro atoms. The quantitative estimate of drug-likeness (QED) is 0.485. The van der Waals surface area contributed by atoms with Gasteiger partial charge in [0.2, 0.25) is 5.91 Å². The normalized spacial score (nSPS) is 20.4. The third kappa shape index (κ3) is 8.78. The highest BCUT2D eigenvalue weighted by atomic mass is 16.5. The van der Waals surface area contributed by atoms with Gasteiger partial charge in [-0.2, -0.15) is 0 Å². The van der Waals surface area contributed by atoms with Gasteiger partial charge in [-0.25, -0.2) is 4.99 Å². The maximum atomic E-state index is 12.0. The van der Waals surface area contributed by atoms with Gasteiger partial charge in [0.15, 0.2) is 5.96 Å². The van der Waals surface area contributed by atoms with E-state index in [1.54, 1.807) is 19.0 Å². The van der Waals surface area contributed by atoms with Gasteiger partial charge < -0.3 is 25.2 Å². The number of hydrogen-bond acceptors (Lipinski definition) is 4. The summed E-state index contributed by atoms with van der Waals surface area (Å²) in [5, 5.41) is 7.19. The lowest BCUT2D eigenvalue weighted by molar-refractivity contribution is -0.127. The minimum absolute atomic E-state index is 0.0321. The van der Waals surface area contributed by atoms with E-state index in [4.69, 9.17) is 4.74 Å². The predicted molar refractivity (Wildman–Crippen MR) is 115 cm³/mol. The fraction of sp³-hybridized carbons (Fsp3) is 0.905. The largest absolute Gasteiger partial charge is 0.377 e. The lowest BCUT2D eigenvalue weighted by Crippen LogP contribution is -2.51. The third-order valence-corrected chi connectivity index (χ3v) is 5.60. The Morgan fingerprint density at radius 2 is 1.68 bits per heavy atom. The highest BCUT2D eigenvalue weighted by Crippen LogP contribution is 2.17. The van der Waals surface area contributed by atoms with Crippen molar-refractivity contribution in [3.05, 3.63) is 0 Å². The minimum Gasteiger partial charge on any atom is -0.377 e. The van der Waals surface area contributed by atoms with E-state index in [0.717, 1.165) is 45.0 Å². The molecule has 2 N–H and O–H groups in total. The number of rotatable bonds is 8. The van der Waals surface area contributed by atoms with Crippen molar-refractivity contribution in [1.29, 1.82) is 0 Å². The number of carbonyl (C=O) groups is 1. The number of piperidine rings is 1. The number of nitrogens with zero attached hydrogens (tertiary/aromatic N) is 3. The van der Waals surface area contributed by atoms with E-state index in [2.05, 4.69) is 34.4 Å². The molecule has 0 aromatic heterocycles. The fourth-order valence-corrected chi connectivity index (χ4v) is 3.77. The van der Waals surface area contributed by atoms with Crippen molar-refractivity contribution in [2.24, 2.45) is 4.99 Å². The first-order valence-corrected chi connectivity index (χ1v) is 11.1. The minimum atomic E-state index is 0.0321. The number of ether oxygens (including phenoxy) is 1. The Hall–Kier alpha value is -1.34. The Bertz CT molecular complexity index is 481. The molecule has 2 fully saturated rings. The molecule has 1 heterocycles. The second-order valence-electron chi connectivity index (χ2n) is 8.61. The van der Waals surface area contributed by atoms with Crippen molar-refractivity contribution in [2.75, 3.05) is 46.9 Å². The van der Waals surface area contributed by atoms with Crippen molar-refractivity contribution in [2.45, 2.75) is 77.0 Å². The molecule has 1 aliphatic carbocycles. The van der Waals surface area contributed by atoms with E-state index in [9.17, 15) is 4.79 Å². The maximum Gasteiger partial charge on any atom is 0.243 e. The van der Waals surface area contributed by atoms with Crippen molar-refractivity contribution in [1.82, 2.24) is 20.4 Å². The molecule has 1 saturated carbocycles. The summed E-state index contributed by atoms with van der Waals surface area (Å²) in [4.78, 5) is 20.6.